The first kappa shape index (κ1) is 15.3. The summed E-state index contributed by atoms with van der Waals surface area (Å²) in [7, 11) is 0. The lowest BCUT2D eigenvalue weighted by molar-refractivity contribution is -0.142. The van der Waals surface area contributed by atoms with Crippen molar-refractivity contribution >= 4 is 17.9 Å². The van der Waals surface area contributed by atoms with Gasteiger partial charge in [0.25, 0.3) is 0 Å². The van der Waals surface area contributed by atoms with Crippen LogP contribution in [0.1, 0.15) is 27.7 Å². The van der Waals surface area contributed by atoms with E-state index in [1.165, 1.54) is 4.90 Å². The molecular weight excluding hydrogens is 250 g/mol. The zero-order valence-electron chi connectivity index (χ0n) is 11.7. The van der Waals surface area contributed by atoms with Gasteiger partial charge in [-0.15, -0.1) is 0 Å². The predicted octanol–water partition coefficient (Wildman–Crippen LogP) is 0.0156. The van der Waals surface area contributed by atoms with Crippen molar-refractivity contribution in [1.29, 1.82) is 0 Å². The van der Waals surface area contributed by atoms with Crippen LogP contribution in [0.3, 0.4) is 0 Å². The average molecular weight is 271 g/mol. The smallest absolute Gasteiger partial charge is 0.326 e. The van der Waals surface area contributed by atoms with Gasteiger partial charge >= 0.3 is 12.0 Å². The van der Waals surface area contributed by atoms with Crippen LogP contribution in [0.4, 0.5) is 4.79 Å². The monoisotopic (exact) mass is 271 g/mol. The molecule has 7 nitrogen and oxygen atoms in total. The summed E-state index contributed by atoms with van der Waals surface area (Å²) in [6, 6.07) is -2.12. The van der Waals surface area contributed by atoms with Crippen molar-refractivity contribution in [3.63, 3.8) is 0 Å². The topological polar surface area (TPSA) is 98.7 Å². The maximum atomic E-state index is 12.1. The maximum Gasteiger partial charge on any atom is 0.326 e. The first-order chi connectivity index (χ1) is 8.64. The first-order valence-corrected chi connectivity index (χ1v) is 6.22. The van der Waals surface area contributed by atoms with Crippen molar-refractivity contribution in [2.24, 2.45) is 5.41 Å². The number of carbonyl (C=O) groups is 3. The van der Waals surface area contributed by atoms with Gasteiger partial charge in [0.1, 0.15) is 12.1 Å². The molecule has 3 amide bonds. The summed E-state index contributed by atoms with van der Waals surface area (Å²) in [5, 5.41) is 14.3. The predicted molar refractivity (Wildman–Crippen MR) is 68.6 cm³/mol. The zero-order chi connectivity index (χ0) is 14.8. The Hall–Kier alpha value is -1.79. The number of amides is 3. The van der Waals surface area contributed by atoms with Gasteiger partial charge in [0.2, 0.25) is 5.91 Å². The van der Waals surface area contributed by atoms with E-state index in [1.54, 1.807) is 27.7 Å². The maximum absolute atomic E-state index is 12.1. The fourth-order valence-electron chi connectivity index (χ4n) is 1.91. The molecule has 3 N–H and O–H groups in total. The molecule has 0 aromatic heterocycles. The molecule has 0 bridgehead atoms. The second-order valence-corrected chi connectivity index (χ2v) is 5.75. The molecule has 1 aliphatic heterocycles. The molecule has 1 aliphatic rings. The van der Waals surface area contributed by atoms with Crippen LogP contribution in [0.2, 0.25) is 0 Å². The van der Waals surface area contributed by atoms with Crippen LogP contribution in [0.25, 0.3) is 0 Å². The molecule has 0 aromatic carbocycles. The highest BCUT2D eigenvalue weighted by atomic mass is 16.4. The van der Waals surface area contributed by atoms with Gasteiger partial charge in [0.15, 0.2) is 0 Å². The highest BCUT2D eigenvalue weighted by Gasteiger charge is 2.36. The standard InChI is InChI=1S/C12H21N3O4/c1-7-9(16)13-5-6-15(7)11(19)14-8(10(17)18)12(2,3)4/h7-8H,5-6H2,1-4H3,(H,13,16)(H,14,19)(H,17,18)/t7?,8-/m0/s1. The van der Waals surface area contributed by atoms with Crippen molar-refractivity contribution in [1.82, 2.24) is 15.5 Å². The number of nitrogens with one attached hydrogen (secondary N) is 2. The van der Waals surface area contributed by atoms with E-state index in [-0.39, 0.29) is 5.91 Å². The third-order valence-electron chi connectivity index (χ3n) is 3.14. The Morgan fingerprint density at radius 3 is 2.53 bits per heavy atom. The van der Waals surface area contributed by atoms with Crippen LogP contribution in [-0.2, 0) is 9.59 Å². The molecule has 0 radical (unpaired) electrons. The first-order valence-electron chi connectivity index (χ1n) is 6.22. The van der Waals surface area contributed by atoms with Gasteiger partial charge in [0.05, 0.1) is 0 Å². The van der Waals surface area contributed by atoms with Crippen molar-refractivity contribution in [2.45, 2.75) is 39.8 Å². The van der Waals surface area contributed by atoms with Crippen LogP contribution in [0.15, 0.2) is 0 Å². The molecular formula is C12H21N3O4. The highest BCUT2D eigenvalue weighted by Crippen LogP contribution is 2.20. The number of hydrogen-bond acceptors (Lipinski definition) is 3. The van der Waals surface area contributed by atoms with E-state index in [0.29, 0.717) is 13.1 Å². The molecule has 1 fully saturated rings. The lowest BCUT2D eigenvalue weighted by Crippen LogP contribution is -2.61. The molecule has 0 aromatic rings. The molecule has 1 rings (SSSR count). The molecule has 2 atom stereocenters. The molecule has 7 heteroatoms. The minimum absolute atomic E-state index is 0.232. The average Bonchev–Trinajstić information content (AvgIpc) is 2.27. The second-order valence-electron chi connectivity index (χ2n) is 5.75. The summed E-state index contributed by atoms with van der Waals surface area (Å²) in [5.41, 5.74) is -0.608. The summed E-state index contributed by atoms with van der Waals surface area (Å²) >= 11 is 0. The van der Waals surface area contributed by atoms with Crippen molar-refractivity contribution in [3.05, 3.63) is 0 Å². The Bertz CT molecular complexity index is 389. The molecule has 108 valence electrons. The van der Waals surface area contributed by atoms with Crippen LogP contribution in [0, 0.1) is 5.41 Å². The fourth-order valence-corrected chi connectivity index (χ4v) is 1.91. The van der Waals surface area contributed by atoms with E-state index in [4.69, 9.17) is 5.11 Å². The number of carboxylic acid groups (broad SMARTS) is 1. The molecule has 0 spiro atoms. The minimum Gasteiger partial charge on any atom is -0.480 e. The summed E-state index contributed by atoms with van der Waals surface area (Å²) in [5.74, 6) is -1.32. The van der Waals surface area contributed by atoms with E-state index in [0.717, 1.165) is 0 Å². The van der Waals surface area contributed by atoms with Crippen molar-refractivity contribution in [2.75, 3.05) is 13.1 Å². The van der Waals surface area contributed by atoms with Crippen molar-refractivity contribution in [3.8, 4) is 0 Å². The van der Waals surface area contributed by atoms with Crippen molar-refractivity contribution < 1.29 is 19.5 Å². The number of aliphatic carboxylic acids is 1. The van der Waals surface area contributed by atoms with E-state index in [1.807, 2.05) is 0 Å². The molecule has 0 saturated carbocycles. The Kier molecular flexibility index (Phi) is 4.39. The fraction of sp³-hybridized carbons (Fsp3) is 0.750. The third-order valence-corrected chi connectivity index (χ3v) is 3.14. The molecule has 1 heterocycles. The van der Waals surface area contributed by atoms with Crippen LogP contribution in [0.5, 0.6) is 0 Å². The normalized spacial score (nSPS) is 21.6. The number of rotatable bonds is 2. The van der Waals surface area contributed by atoms with Crippen LogP contribution in [-0.4, -0.2) is 53.1 Å². The third kappa shape index (κ3) is 3.59. The SMILES string of the molecule is CC1C(=O)NCCN1C(=O)N[C@@H](C(=O)O)C(C)(C)C. The Morgan fingerprint density at radius 1 is 1.47 bits per heavy atom. The van der Waals surface area contributed by atoms with Gasteiger partial charge in [-0.2, -0.15) is 0 Å². The van der Waals surface area contributed by atoms with Gasteiger partial charge in [0, 0.05) is 13.1 Å². The summed E-state index contributed by atoms with van der Waals surface area (Å²) < 4.78 is 0. The quantitative estimate of drug-likeness (QED) is 0.659. The molecule has 0 aliphatic carbocycles. The lowest BCUT2D eigenvalue weighted by atomic mass is 9.87. The highest BCUT2D eigenvalue weighted by molar-refractivity contribution is 5.89. The van der Waals surface area contributed by atoms with E-state index in [9.17, 15) is 14.4 Å². The Morgan fingerprint density at radius 2 is 2.05 bits per heavy atom. The number of carbonyl (C=O) groups excluding carboxylic acids is 2. The number of carboxylic acids is 1. The summed E-state index contributed by atoms with van der Waals surface area (Å²) in [6.07, 6.45) is 0. The van der Waals surface area contributed by atoms with E-state index >= 15 is 0 Å². The van der Waals surface area contributed by atoms with E-state index in [2.05, 4.69) is 10.6 Å². The molecule has 1 unspecified atom stereocenters. The minimum atomic E-state index is -1.09. The Balaban J connectivity index is 2.77. The summed E-state index contributed by atoms with van der Waals surface area (Å²) in [4.78, 5) is 36.1. The van der Waals surface area contributed by atoms with Gasteiger partial charge in [-0.05, 0) is 12.3 Å². The number of hydrogen-bond donors (Lipinski definition) is 3. The van der Waals surface area contributed by atoms with Gasteiger partial charge < -0.3 is 20.6 Å². The van der Waals surface area contributed by atoms with Gasteiger partial charge in [-0.3, -0.25) is 4.79 Å². The number of piperazine rings is 1. The van der Waals surface area contributed by atoms with Crippen LogP contribution < -0.4 is 10.6 Å². The van der Waals surface area contributed by atoms with Gasteiger partial charge in [-0.25, -0.2) is 9.59 Å². The zero-order valence-corrected chi connectivity index (χ0v) is 11.7. The van der Waals surface area contributed by atoms with Gasteiger partial charge in [-0.1, -0.05) is 20.8 Å². The number of nitrogens with zero attached hydrogens (tertiary/aromatic N) is 1. The Labute approximate surface area is 112 Å². The number of urea groups is 1. The summed E-state index contributed by atoms with van der Waals surface area (Å²) in [6.45, 7) is 7.56. The lowest BCUT2D eigenvalue weighted by Gasteiger charge is -2.35. The van der Waals surface area contributed by atoms with E-state index < -0.39 is 29.5 Å². The molecule has 19 heavy (non-hydrogen) atoms. The molecule has 1 saturated heterocycles. The van der Waals surface area contributed by atoms with Crippen LogP contribution >= 0.6 is 0 Å². The second kappa shape index (κ2) is 5.46. The largest absolute Gasteiger partial charge is 0.480 e.